The number of carbonyl (C=O) groups excluding carboxylic acids is 1. The number of benzene rings is 2. The summed E-state index contributed by atoms with van der Waals surface area (Å²) in [7, 11) is -3.44. The molecule has 1 aliphatic rings. The Hall–Kier alpha value is -1.89. The second kappa shape index (κ2) is 9.50. The van der Waals surface area contributed by atoms with E-state index < -0.39 is 10.0 Å². The Morgan fingerprint density at radius 3 is 2.53 bits per heavy atom. The maximum atomic E-state index is 12.8. The number of carbonyl (C=O) groups is 1. The van der Waals surface area contributed by atoms with Crippen LogP contribution < -0.4 is 5.32 Å². The maximum absolute atomic E-state index is 12.8. The fraction of sp³-hybridized carbons (Fsp3) is 0.435. The SMILES string of the molecule is Cc1ccc(C)c(C(C)NC(=O)C2CCN(S(=O)(=O)Cc3cccc(Cl)c3)CC2)c1. The van der Waals surface area contributed by atoms with Gasteiger partial charge in [-0.2, -0.15) is 0 Å². The normalized spacial score (nSPS) is 16.9. The van der Waals surface area contributed by atoms with E-state index in [1.165, 1.54) is 4.31 Å². The van der Waals surface area contributed by atoms with Crippen molar-refractivity contribution in [3.8, 4) is 0 Å². The van der Waals surface area contributed by atoms with Crippen molar-refractivity contribution in [2.24, 2.45) is 5.92 Å². The van der Waals surface area contributed by atoms with Gasteiger partial charge in [0.1, 0.15) is 0 Å². The third-order valence-electron chi connectivity index (χ3n) is 5.72. The van der Waals surface area contributed by atoms with E-state index in [4.69, 9.17) is 11.6 Å². The smallest absolute Gasteiger partial charge is 0.223 e. The van der Waals surface area contributed by atoms with Gasteiger partial charge in [0.05, 0.1) is 11.8 Å². The Kier molecular flexibility index (Phi) is 7.22. The van der Waals surface area contributed by atoms with Gasteiger partial charge in [-0.15, -0.1) is 0 Å². The lowest BCUT2D eigenvalue weighted by Crippen LogP contribution is -2.43. The predicted octanol–water partition coefficient (Wildman–Crippen LogP) is 4.38. The highest BCUT2D eigenvalue weighted by Crippen LogP contribution is 2.25. The highest BCUT2D eigenvalue weighted by atomic mass is 35.5. The van der Waals surface area contributed by atoms with Gasteiger partial charge in [0.25, 0.3) is 0 Å². The molecule has 1 N–H and O–H groups in total. The number of sulfonamides is 1. The van der Waals surface area contributed by atoms with Crippen LogP contribution in [0.2, 0.25) is 5.02 Å². The number of nitrogens with one attached hydrogen (secondary N) is 1. The molecular formula is C23H29ClN2O3S. The Bertz CT molecular complexity index is 1010. The maximum Gasteiger partial charge on any atom is 0.223 e. The third kappa shape index (κ3) is 5.62. The summed E-state index contributed by atoms with van der Waals surface area (Å²) >= 11 is 5.96. The van der Waals surface area contributed by atoms with Crippen LogP contribution in [0.5, 0.6) is 0 Å². The first-order valence-corrected chi connectivity index (χ1v) is 12.2. The number of hydrogen-bond donors (Lipinski definition) is 1. The monoisotopic (exact) mass is 448 g/mol. The molecule has 1 aliphatic heterocycles. The number of piperidine rings is 1. The largest absolute Gasteiger partial charge is 0.349 e. The van der Waals surface area contributed by atoms with Crippen molar-refractivity contribution < 1.29 is 13.2 Å². The molecule has 1 unspecified atom stereocenters. The molecule has 30 heavy (non-hydrogen) atoms. The molecule has 2 aromatic carbocycles. The standard InChI is InChI=1S/C23H29ClN2O3S/c1-16-7-8-17(2)22(13-16)18(3)25-23(27)20-9-11-26(12-10-20)30(28,29)15-19-5-4-6-21(24)14-19/h4-8,13-14,18,20H,9-12,15H2,1-3H3,(H,25,27). The lowest BCUT2D eigenvalue weighted by molar-refractivity contribution is -0.126. The second-order valence-electron chi connectivity index (χ2n) is 8.15. The summed E-state index contributed by atoms with van der Waals surface area (Å²) in [6.07, 6.45) is 1.06. The summed E-state index contributed by atoms with van der Waals surface area (Å²) in [5, 5.41) is 3.64. The Morgan fingerprint density at radius 1 is 1.17 bits per heavy atom. The van der Waals surface area contributed by atoms with Gasteiger partial charge in [-0.1, -0.05) is 47.5 Å². The van der Waals surface area contributed by atoms with Crippen LogP contribution in [0.4, 0.5) is 0 Å². The number of aryl methyl sites for hydroxylation is 2. The van der Waals surface area contributed by atoms with E-state index in [1.54, 1.807) is 24.3 Å². The molecule has 1 fully saturated rings. The minimum absolute atomic E-state index is 0.00436. The lowest BCUT2D eigenvalue weighted by atomic mass is 9.95. The highest BCUT2D eigenvalue weighted by Gasteiger charge is 2.31. The van der Waals surface area contributed by atoms with Crippen LogP contribution in [0, 0.1) is 19.8 Å². The minimum atomic E-state index is -3.44. The number of hydrogen-bond acceptors (Lipinski definition) is 3. The molecule has 1 amide bonds. The molecule has 1 heterocycles. The number of nitrogens with zero attached hydrogens (tertiary/aromatic N) is 1. The van der Waals surface area contributed by atoms with E-state index >= 15 is 0 Å². The molecule has 2 aromatic rings. The molecule has 0 aromatic heterocycles. The number of amides is 1. The van der Waals surface area contributed by atoms with Crippen molar-refractivity contribution in [1.82, 2.24) is 9.62 Å². The van der Waals surface area contributed by atoms with Gasteiger partial charge in [-0.3, -0.25) is 4.79 Å². The fourth-order valence-electron chi connectivity index (χ4n) is 3.96. The molecule has 0 bridgehead atoms. The highest BCUT2D eigenvalue weighted by molar-refractivity contribution is 7.88. The van der Waals surface area contributed by atoms with Crippen LogP contribution in [0.15, 0.2) is 42.5 Å². The molecule has 162 valence electrons. The molecule has 3 rings (SSSR count). The van der Waals surface area contributed by atoms with Crippen LogP contribution in [-0.2, 0) is 20.6 Å². The van der Waals surface area contributed by atoms with Gasteiger partial charge < -0.3 is 5.32 Å². The van der Waals surface area contributed by atoms with Gasteiger partial charge in [0.2, 0.25) is 15.9 Å². The van der Waals surface area contributed by atoms with Gasteiger partial charge >= 0.3 is 0 Å². The van der Waals surface area contributed by atoms with E-state index in [2.05, 4.69) is 23.5 Å². The van der Waals surface area contributed by atoms with Crippen molar-refractivity contribution in [3.05, 3.63) is 69.7 Å². The summed E-state index contributed by atoms with van der Waals surface area (Å²) in [5.74, 6) is -0.251. The van der Waals surface area contributed by atoms with E-state index in [0.717, 1.165) is 16.7 Å². The quantitative estimate of drug-likeness (QED) is 0.713. The van der Waals surface area contributed by atoms with Crippen molar-refractivity contribution in [2.75, 3.05) is 13.1 Å². The molecule has 5 nitrogen and oxygen atoms in total. The average Bonchev–Trinajstić information content (AvgIpc) is 2.69. The summed E-state index contributed by atoms with van der Waals surface area (Å²) in [4.78, 5) is 12.8. The first-order valence-electron chi connectivity index (χ1n) is 10.3. The van der Waals surface area contributed by atoms with E-state index in [1.807, 2.05) is 20.8 Å². The zero-order valence-corrected chi connectivity index (χ0v) is 19.3. The first kappa shape index (κ1) is 22.8. The molecule has 0 radical (unpaired) electrons. The van der Waals surface area contributed by atoms with Crippen molar-refractivity contribution >= 4 is 27.5 Å². The van der Waals surface area contributed by atoms with Gasteiger partial charge in [0, 0.05) is 24.0 Å². The molecule has 0 aliphatic carbocycles. The Morgan fingerprint density at radius 2 is 1.87 bits per heavy atom. The van der Waals surface area contributed by atoms with E-state index in [-0.39, 0.29) is 23.6 Å². The van der Waals surface area contributed by atoms with Crippen LogP contribution in [0.25, 0.3) is 0 Å². The number of rotatable bonds is 6. The van der Waals surface area contributed by atoms with Crippen molar-refractivity contribution in [2.45, 2.75) is 45.4 Å². The van der Waals surface area contributed by atoms with Crippen molar-refractivity contribution in [1.29, 1.82) is 0 Å². The summed E-state index contributed by atoms with van der Waals surface area (Å²) in [6.45, 7) is 6.79. The summed E-state index contributed by atoms with van der Waals surface area (Å²) in [5.41, 5.74) is 4.10. The fourth-order valence-corrected chi connectivity index (χ4v) is 5.72. The molecular weight excluding hydrogens is 420 g/mol. The summed E-state index contributed by atoms with van der Waals surface area (Å²) in [6, 6.07) is 13.1. The zero-order valence-electron chi connectivity index (χ0n) is 17.7. The lowest BCUT2D eigenvalue weighted by Gasteiger charge is -2.31. The van der Waals surface area contributed by atoms with E-state index in [9.17, 15) is 13.2 Å². The van der Waals surface area contributed by atoms with Gasteiger partial charge in [-0.25, -0.2) is 12.7 Å². The molecule has 7 heteroatoms. The van der Waals surface area contributed by atoms with Crippen LogP contribution >= 0.6 is 11.6 Å². The zero-order chi connectivity index (χ0) is 21.9. The van der Waals surface area contributed by atoms with Crippen LogP contribution in [-0.4, -0.2) is 31.7 Å². The number of halogens is 1. The molecule has 1 saturated heterocycles. The first-order chi connectivity index (χ1) is 14.2. The molecule has 0 spiro atoms. The third-order valence-corrected chi connectivity index (χ3v) is 7.80. The minimum Gasteiger partial charge on any atom is -0.349 e. The Balaban J connectivity index is 1.56. The van der Waals surface area contributed by atoms with Crippen LogP contribution in [0.1, 0.15) is 48.1 Å². The Labute approximate surface area is 184 Å². The summed E-state index contributed by atoms with van der Waals surface area (Å²) < 4.78 is 27.0. The van der Waals surface area contributed by atoms with Gasteiger partial charge in [-0.05, 0) is 62.4 Å². The molecule has 0 saturated carbocycles. The topological polar surface area (TPSA) is 66.5 Å². The average molecular weight is 449 g/mol. The molecule has 1 atom stereocenters. The second-order valence-corrected chi connectivity index (χ2v) is 10.6. The van der Waals surface area contributed by atoms with Crippen LogP contribution in [0.3, 0.4) is 0 Å². The van der Waals surface area contributed by atoms with E-state index in [0.29, 0.717) is 36.5 Å². The predicted molar refractivity (Wildman–Crippen MR) is 121 cm³/mol. The van der Waals surface area contributed by atoms with Crippen molar-refractivity contribution in [3.63, 3.8) is 0 Å². The van der Waals surface area contributed by atoms with Gasteiger partial charge in [0.15, 0.2) is 0 Å².